The largest absolute Gasteiger partial charge is 0.365 e. The van der Waals surface area contributed by atoms with Gasteiger partial charge in [-0.15, -0.1) is 11.3 Å². The first kappa shape index (κ1) is 18.3. The van der Waals surface area contributed by atoms with E-state index < -0.39 is 0 Å². The minimum absolute atomic E-state index is 0.645. The predicted octanol–water partition coefficient (Wildman–Crippen LogP) is 3.58. The Kier molecular flexibility index (Phi) is 6.51. The zero-order chi connectivity index (χ0) is 18.2. The molecule has 0 aliphatic carbocycles. The van der Waals surface area contributed by atoms with Crippen molar-refractivity contribution in [2.45, 2.75) is 13.0 Å². The van der Waals surface area contributed by atoms with E-state index in [1.165, 1.54) is 4.88 Å². The number of anilines is 2. The van der Waals surface area contributed by atoms with Crippen LogP contribution in [-0.2, 0) is 6.54 Å². The summed E-state index contributed by atoms with van der Waals surface area (Å²) in [6.07, 6.45) is 4.59. The van der Waals surface area contributed by atoms with E-state index in [4.69, 9.17) is 0 Å². The lowest BCUT2D eigenvalue weighted by atomic mass is 10.2. The molecule has 3 aromatic rings. The summed E-state index contributed by atoms with van der Waals surface area (Å²) in [5.74, 6) is 1.46. The monoisotopic (exact) mass is 368 g/mol. The molecular formula is C19H24N6S. The standard InChI is InChI=1S/C19H24N6S/c1-25(2)11-4-8-21-19-23-17(15-6-9-20-10-7-15)13-18(24-19)22-14-16-5-3-12-26-16/h3,5-7,9-10,12-13H,4,8,11,14H2,1-2H3,(H2,21,22,23,24). The van der Waals surface area contributed by atoms with E-state index in [0.29, 0.717) is 5.95 Å². The Morgan fingerprint density at radius 1 is 1.08 bits per heavy atom. The van der Waals surface area contributed by atoms with E-state index in [9.17, 15) is 0 Å². The number of hydrogen-bond donors (Lipinski definition) is 2. The molecule has 0 aliphatic rings. The molecule has 3 aromatic heterocycles. The van der Waals surface area contributed by atoms with Crippen LogP contribution in [0.3, 0.4) is 0 Å². The van der Waals surface area contributed by atoms with E-state index in [1.807, 2.05) is 18.2 Å². The molecular weight excluding hydrogens is 344 g/mol. The number of hydrogen-bond acceptors (Lipinski definition) is 7. The summed E-state index contributed by atoms with van der Waals surface area (Å²) in [7, 11) is 4.15. The second-order valence-electron chi connectivity index (χ2n) is 6.21. The summed E-state index contributed by atoms with van der Waals surface area (Å²) in [5.41, 5.74) is 1.91. The van der Waals surface area contributed by atoms with Gasteiger partial charge in [0.25, 0.3) is 0 Å². The topological polar surface area (TPSA) is 66.0 Å². The molecule has 6 nitrogen and oxygen atoms in total. The van der Waals surface area contributed by atoms with Crippen LogP contribution in [0.25, 0.3) is 11.3 Å². The number of aromatic nitrogens is 3. The first-order valence-electron chi connectivity index (χ1n) is 8.65. The molecule has 7 heteroatoms. The summed E-state index contributed by atoms with van der Waals surface area (Å²) in [5, 5.41) is 8.82. The third-order valence-corrected chi connectivity index (χ3v) is 4.67. The molecule has 26 heavy (non-hydrogen) atoms. The van der Waals surface area contributed by atoms with E-state index in [2.05, 4.69) is 62.1 Å². The van der Waals surface area contributed by atoms with Gasteiger partial charge in [-0.3, -0.25) is 4.98 Å². The maximum Gasteiger partial charge on any atom is 0.225 e. The molecule has 0 atom stereocenters. The van der Waals surface area contributed by atoms with Crippen molar-refractivity contribution in [1.82, 2.24) is 19.9 Å². The minimum Gasteiger partial charge on any atom is -0.365 e. The molecule has 0 aliphatic heterocycles. The molecule has 3 heterocycles. The molecule has 0 radical (unpaired) electrons. The highest BCUT2D eigenvalue weighted by molar-refractivity contribution is 7.09. The zero-order valence-electron chi connectivity index (χ0n) is 15.1. The number of nitrogens with one attached hydrogen (secondary N) is 2. The van der Waals surface area contributed by atoms with Crippen LogP contribution in [0.2, 0.25) is 0 Å². The first-order valence-corrected chi connectivity index (χ1v) is 9.53. The molecule has 3 rings (SSSR count). The zero-order valence-corrected chi connectivity index (χ0v) is 16.0. The van der Waals surface area contributed by atoms with E-state index in [-0.39, 0.29) is 0 Å². The average molecular weight is 369 g/mol. The summed E-state index contributed by atoms with van der Waals surface area (Å²) in [4.78, 5) is 16.8. The second kappa shape index (κ2) is 9.26. The van der Waals surface area contributed by atoms with Gasteiger partial charge < -0.3 is 15.5 Å². The van der Waals surface area contributed by atoms with Crippen LogP contribution in [0.5, 0.6) is 0 Å². The summed E-state index contributed by atoms with van der Waals surface area (Å²) >= 11 is 1.73. The Balaban J connectivity index is 1.75. The van der Waals surface area contributed by atoms with Gasteiger partial charge in [-0.25, -0.2) is 4.98 Å². The van der Waals surface area contributed by atoms with Crippen molar-refractivity contribution >= 4 is 23.1 Å². The first-order chi connectivity index (χ1) is 12.7. The van der Waals surface area contributed by atoms with Gasteiger partial charge in [0.15, 0.2) is 0 Å². The molecule has 0 fully saturated rings. The van der Waals surface area contributed by atoms with Crippen molar-refractivity contribution in [2.24, 2.45) is 0 Å². The SMILES string of the molecule is CN(C)CCCNc1nc(NCc2cccs2)cc(-c2ccncc2)n1. The summed E-state index contributed by atoms with van der Waals surface area (Å²) < 4.78 is 0. The lowest BCUT2D eigenvalue weighted by Gasteiger charge is -2.12. The van der Waals surface area contributed by atoms with Crippen molar-refractivity contribution in [3.63, 3.8) is 0 Å². The van der Waals surface area contributed by atoms with Gasteiger partial charge in [0.2, 0.25) is 5.95 Å². The Labute approximate surface area is 158 Å². The number of thiophene rings is 1. The van der Waals surface area contributed by atoms with Crippen LogP contribution < -0.4 is 10.6 Å². The molecule has 0 unspecified atom stereocenters. The molecule has 136 valence electrons. The number of nitrogens with zero attached hydrogens (tertiary/aromatic N) is 4. The van der Waals surface area contributed by atoms with E-state index in [1.54, 1.807) is 23.7 Å². The quantitative estimate of drug-likeness (QED) is 0.563. The molecule has 2 N–H and O–H groups in total. The smallest absolute Gasteiger partial charge is 0.225 e. The maximum atomic E-state index is 4.66. The fourth-order valence-electron chi connectivity index (χ4n) is 2.47. The number of pyridine rings is 1. The molecule has 0 amide bonds. The molecule has 0 saturated heterocycles. The Bertz CT molecular complexity index is 789. The van der Waals surface area contributed by atoms with Gasteiger partial charge >= 0.3 is 0 Å². The molecule has 0 bridgehead atoms. The fraction of sp³-hybridized carbons (Fsp3) is 0.316. The number of rotatable bonds is 9. The average Bonchev–Trinajstić information content (AvgIpc) is 3.18. The predicted molar refractivity (Wildman–Crippen MR) is 109 cm³/mol. The van der Waals surface area contributed by atoms with Crippen LogP contribution in [0.1, 0.15) is 11.3 Å². The van der Waals surface area contributed by atoms with Crippen LogP contribution in [0, 0.1) is 0 Å². The van der Waals surface area contributed by atoms with Gasteiger partial charge in [0.05, 0.1) is 12.2 Å². The van der Waals surface area contributed by atoms with Gasteiger partial charge in [-0.1, -0.05) is 6.07 Å². The van der Waals surface area contributed by atoms with Crippen LogP contribution in [0.15, 0.2) is 48.1 Å². The summed E-state index contributed by atoms with van der Waals surface area (Å²) in [6, 6.07) is 10.1. The molecule has 0 spiro atoms. The highest BCUT2D eigenvalue weighted by Gasteiger charge is 2.07. The van der Waals surface area contributed by atoms with Crippen molar-refractivity contribution in [1.29, 1.82) is 0 Å². The normalized spacial score (nSPS) is 10.9. The summed E-state index contributed by atoms with van der Waals surface area (Å²) in [6.45, 7) is 2.62. The maximum absolute atomic E-state index is 4.66. The van der Waals surface area contributed by atoms with Crippen molar-refractivity contribution < 1.29 is 0 Å². The van der Waals surface area contributed by atoms with Crippen LogP contribution in [-0.4, -0.2) is 47.0 Å². The van der Waals surface area contributed by atoms with Gasteiger partial charge in [0, 0.05) is 35.4 Å². The Morgan fingerprint density at radius 3 is 2.65 bits per heavy atom. The van der Waals surface area contributed by atoms with Crippen molar-refractivity contribution in [2.75, 3.05) is 37.8 Å². The van der Waals surface area contributed by atoms with Crippen molar-refractivity contribution in [3.8, 4) is 11.3 Å². The van der Waals surface area contributed by atoms with Crippen LogP contribution in [0.4, 0.5) is 11.8 Å². The Hall–Kier alpha value is -2.51. The molecule has 0 saturated carbocycles. The minimum atomic E-state index is 0.645. The third kappa shape index (κ3) is 5.50. The van der Waals surface area contributed by atoms with Crippen LogP contribution >= 0.6 is 11.3 Å². The third-order valence-electron chi connectivity index (χ3n) is 3.79. The van der Waals surface area contributed by atoms with Crippen molar-refractivity contribution in [3.05, 3.63) is 53.0 Å². The van der Waals surface area contributed by atoms with Gasteiger partial charge in [0.1, 0.15) is 5.82 Å². The fourth-order valence-corrected chi connectivity index (χ4v) is 3.12. The molecule has 0 aromatic carbocycles. The second-order valence-corrected chi connectivity index (χ2v) is 7.25. The highest BCUT2D eigenvalue weighted by Crippen LogP contribution is 2.21. The van der Waals surface area contributed by atoms with E-state index >= 15 is 0 Å². The lowest BCUT2D eigenvalue weighted by molar-refractivity contribution is 0.405. The van der Waals surface area contributed by atoms with Gasteiger partial charge in [-0.2, -0.15) is 4.98 Å². The van der Waals surface area contributed by atoms with Gasteiger partial charge in [-0.05, 0) is 50.6 Å². The highest BCUT2D eigenvalue weighted by atomic mass is 32.1. The lowest BCUT2D eigenvalue weighted by Crippen LogP contribution is -2.17. The van der Waals surface area contributed by atoms with E-state index in [0.717, 1.165) is 43.1 Å². The Morgan fingerprint density at radius 2 is 1.92 bits per heavy atom.